The van der Waals surface area contributed by atoms with Crippen LogP contribution in [0.25, 0.3) is 0 Å². The largest absolute Gasteiger partial charge is 0.416 e. The Hall–Kier alpha value is -0.790. The highest BCUT2D eigenvalue weighted by Gasteiger charge is 2.57. The summed E-state index contributed by atoms with van der Waals surface area (Å²) in [6, 6.07) is 3.44. The van der Waals surface area contributed by atoms with Gasteiger partial charge in [-0.25, -0.2) is 0 Å². The van der Waals surface area contributed by atoms with Crippen molar-refractivity contribution in [2.75, 3.05) is 0 Å². The molecular weight excluding hydrogens is 370 g/mol. The van der Waals surface area contributed by atoms with Gasteiger partial charge in [-0.15, -0.1) is 0 Å². The molecule has 4 rings (SSSR count). The summed E-state index contributed by atoms with van der Waals surface area (Å²) in [6.07, 6.45) is -1.52. The minimum absolute atomic E-state index is 0.0870. The molecule has 0 aromatic heterocycles. The summed E-state index contributed by atoms with van der Waals surface area (Å²) in [4.78, 5) is 12.0. The number of amides is 1. The summed E-state index contributed by atoms with van der Waals surface area (Å²) < 4.78 is 38.5. The molecule has 0 unspecified atom stereocenters. The molecule has 0 saturated heterocycles. The van der Waals surface area contributed by atoms with Crippen LogP contribution < -0.4 is 5.32 Å². The van der Waals surface area contributed by atoms with Gasteiger partial charge >= 0.3 is 6.18 Å². The summed E-state index contributed by atoms with van der Waals surface area (Å²) in [5.41, 5.74) is -0.812. The molecule has 0 heterocycles. The number of benzene rings is 1. The third-order valence-electron chi connectivity index (χ3n) is 3.90. The van der Waals surface area contributed by atoms with E-state index in [4.69, 9.17) is 0 Å². The summed E-state index contributed by atoms with van der Waals surface area (Å²) in [5.74, 6) is 0.309. The topological polar surface area (TPSA) is 29.1 Å². The van der Waals surface area contributed by atoms with Crippen molar-refractivity contribution >= 4 is 28.5 Å². The number of nitrogens with one attached hydrogen (secondary N) is 1. The van der Waals surface area contributed by atoms with Crippen molar-refractivity contribution in [1.29, 1.82) is 0 Å². The SMILES string of the molecule is O=C(NC12CC(C1)C2)c1cc(I)cc(C(F)(F)F)c1. The Balaban J connectivity index is 1.83. The van der Waals surface area contributed by atoms with Crippen molar-refractivity contribution in [3.63, 3.8) is 0 Å². The van der Waals surface area contributed by atoms with Crippen molar-refractivity contribution in [3.8, 4) is 0 Å². The van der Waals surface area contributed by atoms with E-state index in [1.54, 1.807) is 22.6 Å². The van der Waals surface area contributed by atoms with Crippen LogP contribution in [0.5, 0.6) is 0 Å². The second-order valence-corrected chi connectivity index (χ2v) is 6.68. The van der Waals surface area contributed by atoms with Crippen LogP contribution >= 0.6 is 22.6 Å². The van der Waals surface area contributed by atoms with Crippen LogP contribution in [0, 0.1) is 9.49 Å². The highest BCUT2D eigenvalue weighted by Crippen LogP contribution is 2.57. The van der Waals surface area contributed by atoms with Gasteiger partial charge < -0.3 is 5.32 Å². The van der Waals surface area contributed by atoms with E-state index in [0.29, 0.717) is 9.49 Å². The van der Waals surface area contributed by atoms with E-state index in [1.165, 1.54) is 6.07 Å². The second kappa shape index (κ2) is 4.10. The van der Waals surface area contributed by atoms with E-state index >= 15 is 0 Å². The molecule has 1 aromatic rings. The zero-order chi connectivity index (χ0) is 13.8. The maximum atomic E-state index is 12.7. The van der Waals surface area contributed by atoms with Gasteiger partial charge in [-0.05, 0) is 66.0 Å². The Labute approximate surface area is 121 Å². The van der Waals surface area contributed by atoms with Gasteiger partial charge in [0.1, 0.15) is 0 Å². The molecule has 0 radical (unpaired) electrons. The van der Waals surface area contributed by atoms with E-state index in [9.17, 15) is 18.0 Å². The molecule has 1 aromatic carbocycles. The van der Waals surface area contributed by atoms with Crippen LogP contribution in [0.3, 0.4) is 0 Å². The van der Waals surface area contributed by atoms with Crippen molar-refractivity contribution in [1.82, 2.24) is 5.32 Å². The fourth-order valence-corrected chi connectivity index (χ4v) is 3.50. The van der Waals surface area contributed by atoms with E-state index in [1.807, 2.05) is 0 Å². The van der Waals surface area contributed by atoms with E-state index in [2.05, 4.69) is 5.32 Å². The smallest absolute Gasteiger partial charge is 0.347 e. The minimum atomic E-state index is -4.42. The van der Waals surface area contributed by atoms with Crippen LogP contribution in [0.2, 0.25) is 0 Å². The average molecular weight is 381 g/mol. The van der Waals surface area contributed by atoms with E-state index < -0.39 is 17.6 Å². The molecule has 1 amide bonds. The fourth-order valence-electron chi connectivity index (χ4n) is 2.83. The molecule has 2 nitrogen and oxygen atoms in total. The van der Waals surface area contributed by atoms with Crippen LogP contribution in [-0.4, -0.2) is 11.4 Å². The van der Waals surface area contributed by atoms with Gasteiger partial charge in [0.2, 0.25) is 0 Å². The van der Waals surface area contributed by atoms with E-state index in [-0.39, 0.29) is 11.1 Å². The zero-order valence-corrected chi connectivity index (χ0v) is 12.0. The number of halogens is 4. The second-order valence-electron chi connectivity index (χ2n) is 5.44. The van der Waals surface area contributed by atoms with Crippen molar-refractivity contribution < 1.29 is 18.0 Å². The molecule has 2 bridgehead atoms. The predicted octanol–water partition coefficient (Wildman–Crippen LogP) is 3.59. The van der Waals surface area contributed by atoms with Crippen molar-refractivity contribution in [2.45, 2.75) is 31.0 Å². The van der Waals surface area contributed by atoms with Gasteiger partial charge in [0, 0.05) is 14.7 Å². The normalized spacial score (nSPS) is 28.3. The van der Waals surface area contributed by atoms with E-state index in [0.717, 1.165) is 31.4 Å². The molecule has 19 heavy (non-hydrogen) atoms. The first-order valence-electron chi connectivity index (χ1n) is 5.98. The summed E-state index contributed by atoms with van der Waals surface area (Å²) in [7, 11) is 0. The van der Waals surface area contributed by atoms with Gasteiger partial charge in [-0.2, -0.15) is 13.2 Å². The Morgan fingerprint density at radius 3 is 2.37 bits per heavy atom. The van der Waals surface area contributed by atoms with Crippen molar-refractivity contribution in [3.05, 3.63) is 32.9 Å². The third kappa shape index (κ3) is 2.34. The highest BCUT2D eigenvalue weighted by atomic mass is 127. The monoisotopic (exact) mass is 381 g/mol. The number of hydrogen-bond donors (Lipinski definition) is 1. The summed E-state index contributed by atoms with van der Waals surface area (Å²) >= 11 is 1.79. The lowest BCUT2D eigenvalue weighted by Crippen LogP contribution is -2.68. The maximum absolute atomic E-state index is 12.7. The lowest BCUT2D eigenvalue weighted by Gasteiger charge is -2.61. The number of carbonyl (C=O) groups is 1. The van der Waals surface area contributed by atoms with Gasteiger partial charge in [0.15, 0.2) is 0 Å². The molecular formula is C13H11F3INO. The third-order valence-corrected chi connectivity index (χ3v) is 4.53. The molecule has 0 aliphatic heterocycles. The fraction of sp³-hybridized carbons (Fsp3) is 0.462. The van der Waals surface area contributed by atoms with Gasteiger partial charge in [0.25, 0.3) is 5.91 Å². The first-order valence-corrected chi connectivity index (χ1v) is 7.06. The summed E-state index contributed by atoms with van der Waals surface area (Å²) in [5, 5.41) is 2.87. The van der Waals surface area contributed by atoms with Crippen LogP contribution in [0.1, 0.15) is 35.2 Å². The molecule has 102 valence electrons. The molecule has 3 aliphatic rings. The molecule has 0 spiro atoms. The standard InChI is InChI=1S/C13H11F3INO/c14-13(15,16)9-1-8(2-10(17)3-9)11(19)18-12-4-7(5-12)6-12/h1-3,7H,4-6H2,(H,18,19). The predicted molar refractivity (Wildman–Crippen MR) is 71.7 cm³/mol. The Morgan fingerprint density at radius 1 is 1.26 bits per heavy atom. The quantitative estimate of drug-likeness (QED) is 0.780. The molecule has 1 N–H and O–H groups in total. The molecule has 3 fully saturated rings. The zero-order valence-electron chi connectivity index (χ0n) is 9.85. The maximum Gasteiger partial charge on any atom is 0.416 e. The highest BCUT2D eigenvalue weighted by molar-refractivity contribution is 14.1. The molecule has 3 saturated carbocycles. The van der Waals surface area contributed by atoms with Crippen LogP contribution in [-0.2, 0) is 6.18 Å². The number of rotatable bonds is 2. The Morgan fingerprint density at radius 2 is 1.89 bits per heavy atom. The number of alkyl halides is 3. The van der Waals surface area contributed by atoms with Gasteiger partial charge in [-0.3, -0.25) is 4.79 Å². The average Bonchev–Trinajstić information content (AvgIpc) is 2.19. The van der Waals surface area contributed by atoms with Gasteiger partial charge in [-0.1, -0.05) is 0 Å². The molecule has 3 aliphatic carbocycles. The molecule has 0 atom stereocenters. The minimum Gasteiger partial charge on any atom is -0.347 e. The Kier molecular flexibility index (Phi) is 2.85. The first-order chi connectivity index (χ1) is 8.77. The van der Waals surface area contributed by atoms with Crippen LogP contribution in [0.4, 0.5) is 13.2 Å². The molecule has 6 heteroatoms. The van der Waals surface area contributed by atoms with Crippen LogP contribution in [0.15, 0.2) is 18.2 Å². The number of hydrogen-bond acceptors (Lipinski definition) is 1. The number of carbonyl (C=O) groups excluding carboxylic acids is 1. The lowest BCUT2D eigenvalue weighted by molar-refractivity contribution is -0.137. The van der Waals surface area contributed by atoms with Crippen molar-refractivity contribution in [2.24, 2.45) is 5.92 Å². The lowest BCUT2D eigenvalue weighted by atomic mass is 9.50. The first kappa shape index (κ1) is 13.2. The van der Waals surface area contributed by atoms with Gasteiger partial charge in [0.05, 0.1) is 5.56 Å². The Bertz CT molecular complexity index is 538. The summed E-state index contributed by atoms with van der Waals surface area (Å²) in [6.45, 7) is 0.